The number of hydrogen-bond acceptors (Lipinski definition) is 2. The summed E-state index contributed by atoms with van der Waals surface area (Å²) in [5.74, 6) is 0.269. The largest absolute Gasteiger partial charge is 0.322 e. The molecule has 1 N–H and O–H groups in total. The Labute approximate surface area is 92.2 Å². The third-order valence-electron chi connectivity index (χ3n) is 4.72. The predicted molar refractivity (Wildman–Crippen MR) is 60.3 cm³/mol. The molecule has 1 aliphatic heterocycles. The van der Waals surface area contributed by atoms with Gasteiger partial charge in [-0.25, -0.2) is 0 Å². The molecule has 0 aromatic heterocycles. The Bertz CT molecular complexity index is 282. The Morgan fingerprint density at radius 3 is 2.27 bits per heavy atom. The maximum Gasteiger partial charge on any atom is 0.238 e. The minimum absolute atomic E-state index is 0.252. The van der Waals surface area contributed by atoms with Crippen molar-refractivity contribution in [3.05, 3.63) is 0 Å². The van der Waals surface area contributed by atoms with Gasteiger partial charge in [-0.3, -0.25) is 10.1 Å². The molecule has 1 heterocycles. The lowest BCUT2D eigenvalue weighted by Crippen LogP contribution is -2.41. The molecule has 0 radical (unpaired) electrons. The van der Waals surface area contributed by atoms with E-state index in [1.165, 1.54) is 0 Å². The van der Waals surface area contributed by atoms with Crippen LogP contribution in [0.4, 0.5) is 0 Å². The number of carbonyl (C=O) groups is 1. The van der Waals surface area contributed by atoms with Crippen molar-refractivity contribution < 1.29 is 4.79 Å². The number of amides is 1. The second-order valence-electron chi connectivity index (χ2n) is 5.95. The summed E-state index contributed by atoms with van der Waals surface area (Å²) in [6.45, 7) is 11.7. The molecule has 0 aromatic rings. The molecule has 15 heavy (non-hydrogen) atoms. The van der Waals surface area contributed by atoms with Crippen molar-refractivity contribution in [1.29, 1.82) is 0 Å². The lowest BCUT2D eigenvalue weighted by molar-refractivity contribution is -0.129. The molecule has 86 valence electrons. The number of nitrogens with one attached hydrogen (secondary N) is 1. The highest BCUT2D eigenvalue weighted by Gasteiger charge is 2.69. The first-order chi connectivity index (χ1) is 6.84. The molecule has 2 rings (SSSR count). The van der Waals surface area contributed by atoms with Crippen molar-refractivity contribution in [2.24, 2.45) is 10.8 Å². The SMILES string of the molecule is CCC1NCC(=O)N1C1C(C)(C)C1(C)C. The van der Waals surface area contributed by atoms with Crippen molar-refractivity contribution in [3.63, 3.8) is 0 Å². The van der Waals surface area contributed by atoms with E-state index in [-0.39, 0.29) is 22.9 Å². The van der Waals surface area contributed by atoms with Crippen LogP contribution in [0.15, 0.2) is 0 Å². The molecular weight excluding hydrogens is 188 g/mol. The molecule has 0 aromatic carbocycles. The van der Waals surface area contributed by atoms with Crippen LogP contribution in [0.3, 0.4) is 0 Å². The predicted octanol–water partition coefficient (Wildman–Crippen LogP) is 1.59. The fraction of sp³-hybridized carbons (Fsp3) is 0.917. The van der Waals surface area contributed by atoms with Gasteiger partial charge in [0.15, 0.2) is 0 Å². The monoisotopic (exact) mass is 210 g/mol. The number of rotatable bonds is 2. The standard InChI is InChI=1S/C12H22N2O/c1-6-8-13-7-9(15)14(8)10-11(2,3)12(10,4)5/h8,10,13H,6-7H2,1-5H3. The lowest BCUT2D eigenvalue weighted by Gasteiger charge is -2.25. The van der Waals surface area contributed by atoms with Crippen LogP contribution in [0.25, 0.3) is 0 Å². The van der Waals surface area contributed by atoms with Gasteiger partial charge in [0.2, 0.25) is 5.91 Å². The normalized spacial score (nSPS) is 33.5. The molecule has 1 saturated carbocycles. The third-order valence-corrected chi connectivity index (χ3v) is 4.72. The van der Waals surface area contributed by atoms with E-state index in [9.17, 15) is 4.79 Å². The van der Waals surface area contributed by atoms with Gasteiger partial charge < -0.3 is 4.90 Å². The summed E-state index contributed by atoms with van der Waals surface area (Å²) in [4.78, 5) is 13.9. The summed E-state index contributed by atoms with van der Waals surface area (Å²) < 4.78 is 0. The quantitative estimate of drug-likeness (QED) is 0.750. The molecule has 2 aliphatic rings. The van der Waals surface area contributed by atoms with Gasteiger partial charge in [-0.15, -0.1) is 0 Å². The van der Waals surface area contributed by atoms with Crippen LogP contribution in [0.1, 0.15) is 41.0 Å². The van der Waals surface area contributed by atoms with E-state index in [0.717, 1.165) is 6.42 Å². The number of carbonyl (C=O) groups excluding carboxylic acids is 1. The molecule has 1 aliphatic carbocycles. The van der Waals surface area contributed by atoms with E-state index in [1.807, 2.05) is 0 Å². The van der Waals surface area contributed by atoms with Crippen molar-refractivity contribution in [2.45, 2.75) is 53.2 Å². The third kappa shape index (κ3) is 1.25. The van der Waals surface area contributed by atoms with Crippen LogP contribution in [0.2, 0.25) is 0 Å². The van der Waals surface area contributed by atoms with E-state index in [4.69, 9.17) is 0 Å². The fourth-order valence-corrected chi connectivity index (χ4v) is 3.09. The van der Waals surface area contributed by atoms with Crippen molar-refractivity contribution >= 4 is 5.91 Å². The van der Waals surface area contributed by atoms with Gasteiger partial charge in [0.1, 0.15) is 0 Å². The maximum absolute atomic E-state index is 11.9. The summed E-state index contributed by atoms with van der Waals surface area (Å²) in [5, 5.41) is 3.28. The minimum Gasteiger partial charge on any atom is -0.322 e. The summed E-state index contributed by atoms with van der Waals surface area (Å²) >= 11 is 0. The molecule has 1 saturated heterocycles. The van der Waals surface area contributed by atoms with Crippen LogP contribution in [-0.2, 0) is 4.79 Å². The average molecular weight is 210 g/mol. The van der Waals surface area contributed by atoms with Crippen LogP contribution < -0.4 is 5.32 Å². The summed E-state index contributed by atoms with van der Waals surface area (Å²) in [6, 6.07) is 0.400. The van der Waals surface area contributed by atoms with E-state index >= 15 is 0 Å². The second kappa shape index (κ2) is 2.97. The maximum atomic E-state index is 11.9. The smallest absolute Gasteiger partial charge is 0.238 e. The van der Waals surface area contributed by atoms with Gasteiger partial charge in [0.05, 0.1) is 12.7 Å². The van der Waals surface area contributed by atoms with Crippen LogP contribution in [-0.4, -0.2) is 29.6 Å². The lowest BCUT2D eigenvalue weighted by atomic mass is 10.0. The summed E-state index contributed by atoms with van der Waals surface area (Å²) in [6.07, 6.45) is 1.25. The first kappa shape index (κ1) is 10.9. The zero-order chi connectivity index (χ0) is 11.4. The summed E-state index contributed by atoms with van der Waals surface area (Å²) in [7, 11) is 0. The van der Waals surface area contributed by atoms with Gasteiger partial charge in [-0.2, -0.15) is 0 Å². The van der Waals surface area contributed by atoms with E-state index in [0.29, 0.717) is 12.6 Å². The molecular formula is C12H22N2O. The Balaban J connectivity index is 2.22. The zero-order valence-electron chi connectivity index (χ0n) is 10.4. The van der Waals surface area contributed by atoms with Gasteiger partial charge in [-0.05, 0) is 17.3 Å². The molecule has 1 unspecified atom stereocenters. The van der Waals surface area contributed by atoms with Crippen molar-refractivity contribution in [1.82, 2.24) is 10.2 Å². The van der Waals surface area contributed by atoms with Crippen molar-refractivity contribution in [2.75, 3.05) is 6.54 Å². The van der Waals surface area contributed by atoms with Crippen molar-refractivity contribution in [3.8, 4) is 0 Å². The molecule has 3 heteroatoms. The Morgan fingerprint density at radius 2 is 1.87 bits per heavy atom. The molecule has 1 atom stereocenters. The topological polar surface area (TPSA) is 32.3 Å². The molecule has 0 spiro atoms. The summed E-state index contributed by atoms with van der Waals surface area (Å²) in [5.41, 5.74) is 0.504. The highest BCUT2D eigenvalue weighted by Crippen LogP contribution is 2.65. The van der Waals surface area contributed by atoms with Crippen LogP contribution in [0.5, 0.6) is 0 Å². The molecule has 2 fully saturated rings. The average Bonchev–Trinajstić information content (AvgIpc) is 2.46. The van der Waals surface area contributed by atoms with Gasteiger partial charge in [-0.1, -0.05) is 34.6 Å². The van der Waals surface area contributed by atoms with Gasteiger partial charge in [0.25, 0.3) is 0 Å². The van der Waals surface area contributed by atoms with E-state index in [1.54, 1.807) is 0 Å². The Morgan fingerprint density at radius 1 is 1.33 bits per heavy atom. The number of nitrogens with zero attached hydrogens (tertiary/aromatic N) is 1. The molecule has 1 amide bonds. The van der Waals surface area contributed by atoms with Gasteiger partial charge >= 0.3 is 0 Å². The van der Waals surface area contributed by atoms with E-state index < -0.39 is 0 Å². The number of hydrogen-bond donors (Lipinski definition) is 1. The molecule has 0 bridgehead atoms. The zero-order valence-corrected chi connectivity index (χ0v) is 10.4. The van der Waals surface area contributed by atoms with Crippen LogP contribution >= 0.6 is 0 Å². The first-order valence-electron chi connectivity index (χ1n) is 5.88. The molecule has 3 nitrogen and oxygen atoms in total. The highest BCUT2D eigenvalue weighted by molar-refractivity contribution is 5.81. The fourth-order valence-electron chi connectivity index (χ4n) is 3.09. The first-order valence-corrected chi connectivity index (χ1v) is 5.88. The Kier molecular flexibility index (Phi) is 2.16. The Hall–Kier alpha value is -0.570. The van der Waals surface area contributed by atoms with E-state index in [2.05, 4.69) is 44.8 Å². The highest BCUT2D eigenvalue weighted by atomic mass is 16.2. The van der Waals surface area contributed by atoms with Gasteiger partial charge in [0, 0.05) is 6.04 Å². The van der Waals surface area contributed by atoms with Crippen LogP contribution in [0, 0.1) is 10.8 Å². The second-order valence-corrected chi connectivity index (χ2v) is 5.95. The minimum atomic E-state index is 0.252.